The van der Waals surface area contributed by atoms with Crippen LogP contribution in [-0.4, -0.2) is 16.8 Å². The van der Waals surface area contributed by atoms with Crippen LogP contribution >= 0.6 is 15.9 Å². The summed E-state index contributed by atoms with van der Waals surface area (Å²) < 4.78 is -0.448. The lowest BCUT2D eigenvalue weighted by Crippen LogP contribution is -2.39. The van der Waals surface area contributed by atoms with E-state index in [1.54, 1.807) is 0 Å². The predicted molar refractivity (Wildman–Crippen MR) is 69.3 cm³/mol. The van der Waals surface area contributed by atoms with Gasteiger partial charge in [-0.2, -0.15) is 0 Å². The lowest BCUT2D eigenvalue weighted by molar-refractivity contribution is -0.122. The normalized spacial score (nSPS) is 13.7. The molecule has 0 radical (unpaired) electrons. The molecule has 1 amide bonds. The highest BCUT2D eigenvalue weighted by atomic mass is 79.9. The Kier molecular flexibility index (Phi) is 7.24. The third-order valence-electron chi connectivity index (χ3n) is 2.63. The van der Waals surface area contributed by atoms with Crippen molar-refractivity contribution in [2.45, 2.75) is 57.7 Å². The molecular formula is C12H24BrNO. The fourth-order valence-electron chi connectivity index (χ4n) is 1.39. The van der Waals surface area contributed by atoms with Gasteiger partial charge in [-0.1, -0.05) is 49.0 Å². The van der Waals surface area contributed by atoms with Crippen molar-refractivity contribution in [3.63, 3.8) is 0 Å². The fraction of sp³-hybridized carbons (Fsp3) is 0.917. The molecule has 0 rings (SSSR count). The van der Waals surface area contributed by atoms with Crippen LogP contribution in [0, 0.1) is 5.92 Å². The van der Waals surface area contributed by atoms with Gasteiger partial charge >= 0.3 is 0 Å². The highest BCUT2D eigenvalue weighted by Gasteiger charge is 2.23. The van der Waals surface area contributed by atoms with Crippen LogP contribution in [-0.2, 0) is 4.79 Å². The molecule has 0 fully saturated rings. The van der Waals surface area contributed by atoms with Crippen molar-refractivity contribution in [2.75, 3.05) is 6.54 Å². The summed E-state index contributed by atoms with van der Waals surface area (Å²) in [6, 6.07) is 0. The molecule has 0 spiro atoms. The number of halogens is 1. The van der Waals surface area contributed by atoms with Crippen LogP contribution in [0.4, 0.5) is 0 Å². The van der Waals surface area contributed by atoms with Crippen LogP contribution in [0.15, 0.2) is 0 Å². The van der Waals surface area contributed by atoms with Gasteiger partial charge in [0.2, 0.25) is 5.91 Å². The minimum atomic E-state index is -0.448. The topological polar surface area (TPSA) is 29.1 Å². The SMILES string of the molecule is CCCCC(CC)CNC(=O)C(C)(C)Br. The van der Waals surface area contributed by atoms with Crippen LogP contribution in [0.1, 0.15) is 53.4 Å². The first-order valence-corrected chi connectivity index (χ1v) is 6.68. The first-order chi connectivity index (χ1) is 6.91. The van der Waals surface area contributed by atoms with Crippen LogP contribution < -0.4 is 5.32 Å². The Balaban J connectivity index is 3.85. The van der Waals surface area contributed by atoms with Crippen molar-refractivity contribution in [3.05, 3.63) is 0 Å². The minimum absolute atomic E-state index is 0.0810. The molecule has 1 N–H and O–H groups in total. The van der Waals surface area contributed by atoms with Gasteiger partial charge in [0.15, 0.2) is 0 Å². The molecule has 0 aliphatic rings. The number of carbonyl (C=O) groups excluding carboxylic acids is 1. The van der Waals surface area contributed by atoms with E-state index in [0.29, 0.717) is 5.92 Å². The zero-order valence-corrected chi connectivity index (χ0v) is 12.0. The standard InChI is InChI=1S/C12H24BrNO/c1-5-7-8-10(6-2)9-14-11(15)12(3,4)13/h10H,5-9H2,1-4H3,(H,14,15). The Bertz CT molecular complexity index is 187. The third-order valence-corrected chi connectivity index (χ3v) is 2.99. The van der Waals surface area contributed by atoms with E-state index in [-0.39, 0.29) is 5.91 Å². The second kappa shape index (κ2) is 7.26. The molecule has 0 aromatic carbocycles. The van der Waals surface area contributed by atoms with Gasteiger partial charge in [0.1, 0.15) is 0 Å². The molecule has 1 atom stereocenters. The highest BCUT2D eigenvalue weighted by molar-refractivity contribution is 9.10. The van der Waals surface area contributed by atoms with Crippen molar-refractivity contribution in [1.82, 2.24) is 5.32 Å². The van der Waals surface area contributed by atoms with Crippen molar-refractivity contribution >= 4 is 21.8 Å². The van der Waals surface area contributed by atoms with E-state index >= 15 is 0 Å². The molecule has 0 bridgehead atoms. The van der Waals surface area contributed by atoms with Gasteiger partial charge in [-0.15, -0.1) is 0 Å². The first-order valence-electron chi connectivity index (χ1n) is 5.89. The van der Waals surface area contributed by atoms with Gasteiger partial charge in [0.05, 0.1) is 4.32 Å². The summed E-state index contributed by atoms with van der Waals surface area (Å²) in [7, 11) is 0. The van der Waals surface area contributed by atoms with Crippen molar-refractivity contribution < 1.29 is 4.79 Å². The van der Waals surface area contributed by atoms with Gasteiger partial charge < -0.3 is 5.32 Å². The summed E-state index contributed by atoms with van der Waals surface area (Å²) in [4.78, 5) is 11.6. The molecule has 2 nitrogen and oxygen atoms in total. The van der Waals surface area contributed by atoms with Gasteiger partial charge in [-0.25, -0.2) is 0 Å². The Morgan fingerprint density at radius 2 is 2.00 bits per heavy atom. The van der Waals surface area contributed by atoms with E-state index in [1.807, 2.05) is 13.8 Å². The molecule has 1 unspecified atom stereocenters. The zero-order valence-electron chi connectivity index (χ0n) is 10.4. The molecule has 0 saturated heterocycles. The van der Waals surface area contributed by atoms with Crippen LogP contribution in [0.3, 0.4) is 0 Å². The average molecular weight is 278 g/mol. The van der Waals surface area contributed by atoms with Gasteiger partial charge in [-0.05, 0) is 26.2 Å². The van der Waals surface area contributed by atoms with Gasteiger partial charge in [-0.3, -0.25) is 4.79 Å². The largest absolute Gasteiger partial charge is 0.355 e. The Morgan fingerprint density at radius 3 is 2.40 bits per heavy atom. The van der Waals surface area contributed by atoms with Gasteiger partial charge in [0.25, 0.3) is 0 Å². The summed E-state index contributed by atoms with van der Waals surface area (Å²) >= 11 is 3.36. The molecule has 0 aliphatic heterocycles. The maximum absolute atomic E-state index is 11.6. The lowest BCUT2D eigenvalue weighted by atomic mass is 9.99. The summed E-state index contributed by atoms with van der Waals surface area (Å²) in [5.41, 5.74) is 0. The number of carbonyl (C=O) groups is 1. The fourth-order valence-corrected chi connectivity index (χ4v) is 1.53. The monoisotopic (exact) mass is 277 g/mol. The highest BCUT2D eigenvalue weighted by Crippen LogP contribution is 2.16. The lowest BCUT2D eigenvalue weighted by Gasteiger charge is -2.20. The molecule has 15 heavy (non-hydrogen) atoms. The maximum Gasteiger partial charge on any atom is 0.236 e. The molecule has 0 heterocycles. The molecular weight excluding hydrogens is 254 g/mol. The summed E-state index contributed by atoms with van der Waals surface area (Å²) in [5, 5.41) is 3.00. The number of hydrogen-bond donors (Lipinski definition) is 1. The molecule has 90 valence electrons. The third kappa shape index (κ3) is 6.93. The van der Waals surface area contributed by atoms with E-state index in [4.69, 9.17) is 0 Å². The minimum Gasteiger partial charge on any atom is -0.355 e. The smallest absolute Gasteiger partial charge is 0.236 e. The number of rotatable bonds is 7. The summed E-state index contributed by atoms with van der Waals surface area (Å²) in [6.07, 6.45) is 4.85. The van der Waals surface area contributed by atoms with Gasteiger partial charge in [0, 0.05) is 6.54 Å². The molecule has 3 heteroatoms. The maximum atomic E-state index is 11.6. The predicted octanol–water partition coefficient (Wildman–Crippen LogP) is 3.49. The van der Waals surface area contributed by atoms with E-state index in [9.17, 15) is 4.79 Å². The summed E-state index contributed by atoms with van der Waals surface area (Å²) in [6.45, 7) is 8.94. The Labute approximate surface area is 102 Å². The quantitative estimate of drug-likeness (QED) is 0.710. The second-order valence-electron chi connectivity index (χ2n) is 4.60. The van der Waals surface area contributed by atoms with E-state index in [2.05, 4.69) is 35.1 Å². The van der Waals surface area contributed by atoms with E-state index in [0.717, 1.165) is 13.0 Å². The zero-order chi connectivity index (χ0) is 11.9. The Morgan fingerprint density at radius 1 is 1.40 bits per heavy atom. The summed E-state index contributed by atoms with van der Waals surface area (Å²) in [5.74, 6) is 0.709. The van der Waals surface area contributed by atoms with Crippen molar-refractivity contribution in [3.8, 4) is 0 Å². The Hall–Kier alpha value is -0.0500. The van der Waals surface area contributed by atoms with Crippen LogP contribution in [0.5, 0.6) is 0 Å². The second-order valence-corrected chi connectivity index (χ2v) is 6.58. The van der Waals surface area contributed by atoms with E-state index < -0.39 is 4.32 Å². The molecule has 0 aliphatic carbocycles. The van der Waals surface area contributed by atoms with Crippen molar-refractivity contribution in [2.24, 2.45) is 5.92 Å². The number of amides is 1. The number of hydrogen-bond acceptors (Lipinski definition) is 1. The molecule has 0 aromatic heterocycles. The first kappa shape index (κ1) is 14.9. The molecule has 0 aromatic rings. The molecule has 0 saturated carbocycles. The number of alkyl halides is 1. The number of unbranched alkanes of at least 4 members (excludes halogenated alkanes) is 1. The number of nitrogens with one attached hydrogen (secondary N) is 1. The van der Waals surface area contributed by atoms with Crippen molar-refractivity contribution in [1.29, 1.82) is 0 Å². The van der Waals surface area contributed by atoms with E-state index in [1.165, 1.54) is 19.3 Å². The van der Waals surface area contributed by atoms with Crippen LogP contribution in [0.2, 0.25) is 0 Å². The average Bonchev–Trinajstić information content (AvgIpc) is 2.16. The van der Waals surface area contributed by atoms with Crippen LogP contribution in [0.25, 0.3) is 0 Å².